The highest BCUT2D eigenvalue weighted by molar-refractivity contribution is 5.17. The Morgan fingerprint density at radius 2 is 1.75 bits per heavy atom. The molecule has 0 bridgehead atoms. The van der Waals surface area contributed by atoms with Gasteiger partial charge in [-0.3, -0.25) is 4.90 Å². The molecule has 1 aliphatic rings. The average Bonchev–Trinajstić information content (AvgIpc) is 2.60. The van der Waals surface area contributed by atoms with E-state index in [1.165, 1.54) is 37.2 Å². The molecule has 1 saturated heterocycles. The van der Waals surface area contributed by atoms with Gasteiger partial charge in [-0.2, -0.15) is 0 Å². The van der Waals surface area contributed by atoms with E-state index in [1.54, 1.807) is 0 Å². The first-order valence-electron chi connectivity index (χ1n) is 9.73. The van der Waals surface area contributed by atoms with Gasteiger partial charge in [-0.1, -0.05) is 12.5 Å². The molecule has 0 aromatic heterocycles. The Hall–Kier alpha value is -0.580. The third-order valence-electron chi connectivity index (χ3n) is 5.74. The van der Waals surface area contributed by atoms with Crippen molar-refractivity contribution in [2.75, 3.05) is 47.4 Å². The molecule has 0 radical (unpaired) electrons. The number of likely N-dealkylation sites (tertiary alicyclic amines) is 1. The summed E-state index contributed by atoms with van der Waals surface area (Å²) in [5, 5.41) is 0. The predicted molar refractivity (Wildman–Crippen MR) is 104 cm³/mol. The van der Waals surface area contributed by atoms with Gasteiger partial charge < -0.3 is 14.5 Å². The lowest BCUT2D eigenvalue weighted by atomic mass is 9.99. The summed E-state index contributed by atoms with van der Waals surface area (Å²) in [6.07, 6.45) is 3.93. The quantitative estimate of drug-likeness (QED) is 0.640. The standard InChI is InChI=1S/C20H41N3O/c1-9-16(3)20(22(10-2)15-17(4)24-8)18(5)23-13-11-19(12-14-23)21(6)7/h17-19H,9-15H2,1-8H3/b20-16-. The predicted octanol–water partition coefficient (Wildman–Crippen LogP) is 3.44. The molecule has 24 heavy (non-hydrogen) atoms. The molecule has 1 heterocycles. The van der Waals surface area contributed by atoms with Crippen molar-refractivity contribution in [2.24, 2.45) is 0 Å². The molecule has 2 atom stereocenters. The second-order valence-corrected chi connectivity index (χ2v) is 7.51. The summed E-state index contributed by atoms with van der Waals surface area (Å²) >= 11 is 0. The van der Waals surface area contributed by atoms with Crippen LogP contribution in [0.1, 0.15) is 53.9 Å². The van der Waals surface area contributed by atoms with Crippen molar-refractivity contribution in [2.45, 2.75) is 72.1 Å². The van der Waals surface area contributed by atoms with E-state index >= 15 is 0 Å². The van der Waals surface area contributed by atoms with Gasteiger partial charge in [0.1, 0.15) is 0 Å². The van der Waals surface area contributed by atoms with Gasteiger partial charge in [-0.05, 0) is 61.1 Å². The second-order valence-electron chi connectivity index (χ2n) is 7.51. The van der Waals surface area contributed by atoms with Crippen LogP contribution in [0.5, 0.6) is 0 Å². The van der Waals surface area contributed by atoms with Gasteiger partial charge in [0.15, 0.2) is 0 Å². The first-order chi connectivity index (χ1) is 11.3. The molecule has 0 N–H and O–H groups in total. The molecule has 0 amide bonds. The number of ether oxygens (including phenoxy) is 1. The summed E-state index contributed by atoms with van der Waals surface area (Å²) in [6.45, 7) is 15.8. The van der Waals surface area contributed by atoms with Gasteiger partial charge in [0, 0.05) is 51.1 Å². The van der Waals surface area contributed by atoms with Gasteiger partial charge in [0.2, 0.25) is 0 Å². The maximum absolute atomic E-state index is 5.53. The summed E-state index contributed by atoms with van der Waals surface area (Å²) in [7, 11) is 6.23. The van der Waals surface area contributed by atoms with Crippen LogP contribution in [0.4, 0.5) is 0 Å². The van der Waals surface area contributed by atoms with Crippen molar-refractivity contribution in [3.05, 3.63) is 11.3 Å². The van der Waals surface area contributed by atoms with Crippen LogP contribution in [0.2, 0.25) is 0 Å². The Balaban J connectivity index is 2.88. The summed E-state index contributed by atoms with van der Waals surface area (Å²) in [4.78, 5) is 7.60. The van der Waals surface area contributed by atoms with Gasteiger partial charge in [-0.25, -0.2) is 0 Å². The van der Waals surface area contributed by atoms with Crippen LogP contribution in [-0.2, 0) is 4.74 Å². The maximum atomic E-state index is 5.53. The van der Waals surface area contributed by atoms with E-state index in [2.05, 4.69) is 63.4 Å². The van der Waals surface area contributed by atoms with Crippen LogP contribution in [0.25, 0.3) is 0 Å². The van der Waals surface area contributed by atoms with Crippen molar-refractivity contribution in [1.29, 1.82) is 0 Å². The monoisotopic (exact) mass is 339 g/mol. The topological polar surface area (TPSA) is 19.0 Å². The van der Waals surface area contributed by atoms with Crippen molar-refractivity contribution >= 4 is 0 Å². The molecule has 0 aromatic carbocycles. The summed E-state index contributed by atoms with van der Waals surface area (Å²) in [5.41, 5.74) is 3.04. The van der Waals surface area contributed by atoms with Crippen LogP contribution < -0.4 is 0 Å². The zero-order valence-corrected chi connectivity index (χ0v) is 17.4. The lowest BCUT2D eigenvalue weighted by Crippen LogP contribution is -2.49. The summed E-state index contributed by atoms with van der Waals surface area (Å²) < 4.78 is 5.53. The molecule has 0 aliphatic carbocycles. The van der Waals surface area contributed by atoms with E-state index in [9.17, 15) is 0 Å². The Kier molecular flexibility index (Phi) is 9.32. The lowest BCUT2D eigenvalue weighted by Gasteiger charge is -2.42. The van der Waals surface area contributed by atoms with E-state index < -0.39 is 0 Å². The molecule has 1 aliphatic heterocycles. The third-order valence-corrected chi connectivity index (χ3v) is 5.74. The first kappa shape index (κ1) is 21.5. The second kappa shape index (κ2) is 10.4. The van der Waals surface area contributed by atoms with Crippen molar-refractivity contribution < 1.29 is 4.74 Å². The fraction of sp³-hybridized carbons (Fsp3) is 0.900. The molecule has 4 nitrogen and oxygen atoms in total. The fourth-order valence-electron chi connectivity index (χ4n) is 3.82. The van der Waals surface area contributed by atoms with Gasteiger partial charge in [0.25, 0.3) is 0 Å². The van der Waals surface area contributed by atoms with E-state index in [4.69, 9.17) is 4.74 Å². The number of allylic oxidation sites excluding steroid dienone is 1. The number of likely N-dealkylation sites (N-methyl/N-ethyl adjacent to an activating group) is 1. The van der Waals surface area contributed by atoms with Gasteiger partial charge in [-0.15, -0.1) is 0 Å². The highest BCUT2D eigenvalue weighted by atomic mass is 16.5. The maximum Gasteiger partial charge on any atom is 0.0717 e. The number of rotatable bonds is 9. The van der Waals surface area contributed by atoms with Crippen LogP contribution in [0, 0.1) is 0 Å². The Morgan fingerprint density at radius 1 is 1.17 bits per heavy atom. The van der Waals surface area contributed by atoms with Gasteiger partial charge >= 0.3 is 0 Å². The van der Waals surface area contributed by atoms with Crippen LogP contribution in [0.15, 0.2) is 11.3 Å². The largest absolute Gasteiger partial charge is 0.380 e. The van der Waals surface area contributed by atoms with Crippen molar-refractivity contribution in [3.63, 3.8) is 0 Å². The minimum Gasteiger partial charge on any atom is -0.380 e. The van der Waals surface area contributed by atoms with E-state index in [0.717, 1.165) is 25.6 Å². The minimum absolute atomic E-state index is 0.260. The highest BCUT2D eigenvalue weighted by Gasteiger charge is 2.28. The smallest absolute Gasteiger partial charge is 0.0717 e. The number of methoxy groups -OCH3 is 1. The molecular weight excluding hydrogens is 298 g/mol. The lowest BCUT2D eigenvalue weighted by molar-refractivity contribution is 0.0743. The van der Waals surface area contributed by atoms with Crippen molar-refractivity contribution in [1.82, 2.24) is 14.7 Å². The Labute approximate surface area is 150 Å². The Morgan fingerprint density at radius 3 is 2.17 bits per heavy atom. The molecule has 0 aromatic rings. The van der Waals surface area contributed by atoms with Crippen LogP contribution in [-0.4, -0.2) is 80.3 Å². The molecule has 1 rings (SSSR count). The van der Waals surface area contributed by atoms with Crippen LogP contribution >= 0.6 is 0 Å². The first-order valence-corrected chi connectivity index (χ1v) is 9.73. The third kappa shape index (κ3) is 5.75. The summed E-state index contributed by atoms with van der Waals surface area (Å²) in [5.74, 6) is 0. The number of hydrogen-bond acceptors (Lipinski definition) is 4. The Bertz CT molecular complexity index is 386. The average molecular weight is 340 g/mol. The molecule has 0 saturated carbocycles. The zero-order valence-electron chi connectivity index (χ0n) is 17.4. The highest BCUT2D eigenvalue weighted by Crippen LogP contribution is 2.25. The van der Waals surface area contributed by atoms with E-state index in [0.29, 0.717) is 6.04 Å². The van der Waals surface area contributed by atoms with Gasteiger partial charge in [0.05, 0.1) is 6.10 Å². The normalized spacial score (nSPS) is 20.9. The SMILES string of the molecule is CC/C(C)=C(/C(C)N1CCC(N(C)C)CC1)N(CC)CC(C)OC. The van der Waals surface area contributed by atoms with E-state index in [-0.39, 0.29) is 6.10 Å². The number of nitrogens with zero attached hydrogens (tertiary/aromatic N) is 3. The van der Waals surface area contributed by atoms with Crippen molar-refractivity contribution in [3.8, 4) is 0 Å². The minimum atomic E-state index is 0.260. The zero-order chi connectivity index (χ0) is 18.3. The number of hydrogen-bond donors (Lipinski definition) is 0. The molecule has 142 valence electrons. The summed E-state index contributed by atoms with van der Waals surface area (Å²) in [6, 6.07) is 1.22. The molecule has 1 fully saturated rings. The van der Waals surface area contributed by atoms with E-state index in [1.807, 2.05) is 7.11 Å². The molecule has 2 unspecified atom stereocenters. The molecular formula is C20H41N3O. The van der Waals surface area contributed by atoms with Crippen LogP contribution in [0.3, 0.4) is 0 Å². The fourth-order valence-corrected chi connectivity index (χ4v) is 3.82. The molecule has 4 heteroatoms. The molecule has 0 spiro atoms. The number of piperidine rings is 1.